The third-order valence-electron chi connectivity index (χ3n) is 5.49. The molecule has 0 aliphatic rings. The molecule has 174 valence electrons. The van der Waals surface area contributed by atoms with Crippen molar-refractivity contribution in [1.29, 1.82) is 0 Å². The van der Waals surface area contributed by atoms with Gasteiger partial charge in [0.05, 0.1) is 28.8 Å². The van der Waals surface area contributed by atoms with E-state index in [4.69, 9.17) is 9.47 Å². The number of ether oxygens (including phenoxy) is 2. The smallest absolute Gasteiger partial charge is 0.340 e. The number of ketones is 1. The number of anilines is 1. The standard InChI is InChI=1S/C25H28N2O5S/c1-16-13-20(18(3)27(16)17(2)14-31-5)22(28)15-32-25(30)19-9-6-7-10-21(19)26(4)24(29)23-11-8-12-33-23/h6-13,17H,14-15H2,1-5H3. The van der Waals surface area contributed by atoms with Crippen LogP contribution < -0.4 is 4.90 Å². The van der Waals surface area contributed by atoms with Crippen molar-refractivity contribution < 1.29 is 23.9 Å². The third kappa shape index (κ3) is 5.23. The zero-order valence-electron chi connectivity index (χ0n) is 19.5. The number of hydrogen-bond acceptors (Lipinski definition) is 6. The van der Waals surface area contributed by atoms with E-state index in [2.05, 4.69) is 0 Å². The molecule has 2 aromatic heterocycles. The lowest BCUT2D eigenvalue weighted by atomic mass is 10.1. The Morgan fingerprint density at radius 2 is 1.82 bits per heavy atom. The van der Waals surface area contributed by atoms with Crippen molar-refractivity contribution in [2.45, 2.75) is 26.8 Å². The average molecular weight is 469 g/mol. The van der Waals surface area contributed by atoms with Gasteiger partial charge in [0.2, 0.25) is 5.78 Å². The van der Waals surface area contributed by atoms with Gasteiger partial charge in [0, 0.05) is 31.1 Å². The highest BCUT2D eigenvalue weighted by atomic mass is 32.1. The van der Waals surface area contributed by atoms with Crippen molar-refractivity contribution in [2.75, 3.05) is 32.3 Å². The first-order chi connectivity index (χ1) is 15.8. The summed E-state index contributed by atoms with van der Waals surface area (Å²) in [6, 6.07) is 12.1. The van der Waals surface area contributed by atoms with Gasteiger partial charge < -0.3 is 18.9 Å². The van der Waals surface area contributed by atoms with Crippen LogP contribution in [0.1, 0.15) is 54.7 Å². The second kappa shape index (κ2) is 10.6. The summed E-state index contributed by atoms with van der Waals surface area (Å²) in [6.45, 7) is 5.95. The summed E-state index contributed by atoms with van der Waals surface area (Å²) in [7, 11) is 3.24. The number of para-hydroxylation sites is 1. The molecule has 3 rings (SSSR count). The highest BCUT2D eigenvalue weighted by molar-refractivity contribution is 7.12. The van der Waals surface area contributed by atoms with Crippen molar-refractivity contribution in [3.63, 3.8) is 0 Å². The van der Waals surface area contributed by atoms with E-state index in [0.717, 1.165) is 11.4 Å². The molecular formula is C25H28N2O5S. The molecule has 0 saturated heterocycles. The maximum Gasteiger partial charge on any atom is 0.340 e. The van der Waals surface area contributed by atoms with Gasteiger partial charge in [0.15, 0.2) is 6.61 Å². The lowest BCUT2D eigenvalue weighted by molar-refractivity contribution is 0.0475. The van der Waals surface area contributed by atoms with Crippen molar-refractivity contribution in [3.05, 3.63) is 75.2 Å². The van der Waals surface area contributed by atoms with Crippen LogP contribution in [0, 0.1) is 13.8 Å². The van der Waals surface area contributed by atoms with E-state index in [1.807, 2.05) is 30.7 Å². The molecule has 0 radical (unpaired) electrons. The lowest BCUT2D eigenvalue weighted by Gasteiger charge is -2.19. The second-order valence-electron chi connectivity index (χ2n) is 7.82. The summed E-state index contributed by atoms with van der Waals surface area (Å²) in [6.07, 6.45) is 0. The van der Waals surface area contributed by atoms with E-state index < -0.39 is 12.6 Å². The molecule has 8 heteroatoms. The Hall–Kier alpha value is -3.23. The zero-order valence-corrected chi connectivity index (χ0v) is 20.3. The highest BCUT2D eigenvalue weighted by Gasteiger charge is 2.23. The van der Waals surface area contributed by atoms with E-state index in [9.17, 15) is 14.4 Å². The third-order valence-corrected chi connectivity index (χ3v) is 6.35. The topological polar surface area (TPSA) is 77.8 Å². The number of amides is 1. The molecule has 1 aromatic carbocycles. The van der Waals surface area contributed by atoms with Crippen molar-refractivity contribution in [1.82, 2.24) is 4.57 Å². The zero-order chi connectivity index (χ0) is 24.1. The molecule has 0 aliphatic carbocycles. The van der Waals surface area contributed by atoms with E-state index in [0.29, 0.717) is 22.7 Å². The number of Topliss-reactive ketones (excluding diaryl/α,β-unsaturated/α-hetero) is 1. The Kier molecular flexibility index (Phi) is 7.84. The first-order valence-corrected chi connectivity index (χ1v) is 11.4. The molecule has 0 bridgehead atoms. The Labute approximate surface area is 197 Å². The fourth-order valence-electron chi connectivity index (χ4n) is 3.95. The summed E-state index contributed by atoms with van der Waals surface area (Å²) in [5.74, 6) is -1.17. The van der Waals surface area contributed by atoms with Gasteiger partial charge in [0.25, 0.3) is 5.91 Å². The highest BCUT2D eigenvalue weighted by Crippen LogP contribution is 2.24. The summed E-state index contributed by atoms with van der Waals surface area (Å²) in [4.78, 5) is 40.4. The van der Waals surface area contributed by atoms with Crippen LogP contribution in [0.3, 0.4) is 0 Å². The Morgan fingerprint density at radius 1 is 1.09 bits per heavy atom. The predicted octanol–water partition coefficient (Wildman–Crippen LogP) is 4.69. The normalized spacial score (nSPS) is 11.8. The van der Waals surface area contributed by atoms with Gasteiger partial charge in [-0.3, -0.25) is 9.59 Å². The molecule has 3 aromatic rings. The summed E-state index contributed by atoms with van der Waals surface area (Å²) >= 11 is 1.33. The molecule has 0 N–H and O–H groups in total. The predicted molar refractivity (Wildman–Crippen MR) is 129 cm³/mol. The first-order valence-electron chi connectivity index (χ1n) is 10.5. The minimum atomic E-state index is -0.661. The number of thiophene rings is 1. The molecule has 1 atom stereocenters. The number of methoxy groups -OCH3 is 1. The number of benzene rings is 1. The minimum Gasteiger partial charge on any atom is -0.454 e. The molecule has 2 heterocycles. The fraction of sp³-hybridized carbons (Fsp3) is 0.320. The molecule has 1 unspecified atom stereocenters. The second-order valence-corrected chi connectivity index (χ2v) is 8.76. The van der Waals surface area contributed by atoms with Crippen LogP contribution in [0.2, 0.25) is 0 Å². The number of hydrogen-bond donors (Lipinski definition) is 0. The molecule has 0 aliphatic heterocycles. The molecular weight excluding hydrogens is 440 g/mol. The van der Waals surface area contributed by atoms with Crippen molar-refractivity contribution in [3.8, 4) is 0 Å². The van der Waals surface area contributed by atoms with Crippen molar-refractivity contribution in [2.24, 2.45) is 0 Å². The summed E-state index contributed by atoms with van der Waals surface area (Å²) in [5, 5.41) is 1.82. The van der Waals surface area contributed by atoms with Gasteiger partial charge in [-0.05, 0) is 50.4 Å². The Morgan fingerprint density at radius 3 is 2.48 bits per heavy atom. The largest absolute Gasteiger partial charge is 0.454 e. The number of carbonyl (C=O) groups excluding carboxylic acids is 3. The van der Waals surface area contributed by atoms with Gasteiger partial charge in [0.1, 0.15) is 0 Å². The maximum absolute atomic E-state index is 12.8. The molecule has 1 amide bonds. The van der Waals surface area contributed by atoms with E-state index in [1.165, 1.54) is 16.2 Å². The number of esters is 1. The fourth-order valence-corrected chi connectivity index (χ4v) is 4.65. The molecule has 0 fully saturated rings. The van der Waals surface area contributed by atoms with Gasteiger partial charge in [-0.1, -0.05) is 18.2 Å². The number of nitrogens with zero attached hydrogens (tertiary/aromatic N) is 2. The van der Waals surface area contributed by atoms with Crippen LogP contribution in [0.5, 0.6) is 0 Å². The van der Waals surface area contributed by atoms with Gasteiger partial charge in [-0.15, -0.1) is 11.3 Å². The SMILES string of the molecule is COCC(C)n1c(C)cc(C(=O)COC(=O)c2ccccc2N(C)C(=O)c2cccs2)c1C. The molecule has 0 saturated carbocycles. The minimum absolute atomic E-state index is 0.0717. The Balaban J connectivity index is 1.74. The van der Waals surface area contributed by atoms with Crippen LogP contribution in [0.15, 0.2) is 47.8 Å². The summed E-state index contributed by atoms with van der Waals surface area (Å²) < 4.78 is 12.6. The van der Waals surface area contributed by atoms with Crippen LogP contribution in [0.4, 0.5) is 5.69 Å². The van der Waals surface area contributed by atoms with Crippen LogP contribution in [-0.4, -0.2) is 49.6 Å². The molecule has 7 nitrogen and oxygen atoms in total. The average Bonchev–Trinajstić information content (AvgIpc) is 3.44. The summed E-state index contributed by atoms with van der Waals surface area (Å²) in [5.41, 5.74) is 2.89. The quantitative estimate of drug-likeness (QED) is 0.336. The first kappa shape index (κ1) is 24.4. The van der Waals surface area contributed by atoms with E-state index >= 15 is 0 Å². The van der Waals surface area contributed by atoms with Crippen LogP contribution >= 0.6 is 11.3 Å². The van der Waals surface area contributed by atoms with Crippen molar-refractivity contribution >= 4 is 34.7 Å². The molecule has 33 heavy (non-hydrogen) atoms. The monoisotopic (exact) mass is 468 g/mol. The van der Waals surface area contributed by atoms with Crippen LogP contribution in [-0.2, 0) is 9.47 Å². The number of aryl methyl sites for hydroxylation is 1. The van der Waals surface area contributed by atoms with Gasteiger partial charge in [-0.25, -0.2) is 4.79 Å². The van der Waals surface area contributed by atoms with E-state index in [-0.39, 0.29) is 23.3 Å². The van der Waals surface area contributed by atoms with Gasteiger partial charge in [-0.2, -0.15) is 0 Å². The molecule has 0 spiro atoms. The number of carbonyl (C=O) groups is 3. The maximum atomic E-state index is 12.8. The van der Waals surface area contributed by atoms with E-state index in [1.54, 1.807) is 56.6 Å². The van der Waals surface area contributed by atoms with Crippen LogP contribution in [0.25, 0.3) is 0 Å². The number of rotatable bonds is 9. The van der Waals surface area contributed by atoms with Gasteiger partial charge >= 0.3 is 5.97 Å². The number of aromatic nitrogens is 1. The lowest BCUT2D eigenvalue weighted by Crippen LogP contribution is -2.27. The Bertz CT molecular complexity index is 1150.